The predicted molar refractivity (Wildman–Crippen MR) is 75.8 cm³/mol. The van der Waals surface area contributed by atoms with Crippen molar-refractivity contribution in [1.29, 1.82) is 0 Å². The van der Waals surface area contributed by atoms with Gasteiger partial charge in [0.05, 0.1) is 16.6 Å². The highest BCUT2D eigenvalue weighted by Gasteiger charge is 2.55. The lowest BCUT2D eigenvalue weighted by Crippen LogP contribution is -2.40. The molecule has 0 aliphatic carbocycles. The Morgan fingerprint density at radius 3 is 2.79 bits per heavy atom. The molecule has 100 valence electrons. The summed E-state index contributed by atoms with van der Waals surface area (Å²) in [6.07, 6.45) is 3.51. The molecule has 3 fully saturated rings. The van der Waals surface area contributed by atoms with E-state index in [0.717, 1.165) is 6.42 Å². The van der Waals surface area contributed by atoms with E-state index in [1.54, 1.807) is 0 Å². The van der Waals surface area contributed by atoms with Crippen molar-refractivity contribution in [3.05, 3.63) is 33.8 Å². The number of rotatable bonds is 1. The number of benzene rings is 1. The van der Waals surface area contributed by atoms with Gasteiger partial charge in [0.15, 0.2) is 5.78 Å². The second kappa shape index (κ2) is 4.21. The third-order valence-electron chi connectivity index (χ3n) is 5.15. The normalized spacial score (nSPS) is 39.9. The Kier molecular flexibility index (Phi) is 2.70. The minimum Gasteiger partial charge on any atom is -0.298 e. The van der Waals surface area contributed by atoms with Crippen molar-refractivity contribution in [1.82, 2.24) is 4.90 Å². The number of nitrogens with zero attached hydrogens (tertiary/aromatic N) is 1. The Morgan fingerprint density at radius 1 is 1.16 bits per heavy atom. The van der Waals surface area contributed by atoms with Crippen LogP contribution in [-0.4, -0.2) is 29.3 Å². The first kappa shape index (κ1) is 12.2. The van der Waals surface area contributed by atoms with Crippen molar-refractivity contribution >= 4 is 29.0 Å². The van der Waals surface area contributed by atoms with Gasteiger partial charge in [-0.25, -0.2) is 0 Å². The molecule has 0 spiro atoms. The van der Waals surface area contributed by atoms with Gasteiger partial charge in [-0.3, -0.25) is 9.69 Å². The maximum Gasteiger partial charge on any atom is 0.152 e. The SMILES string of the molecule is O=C1CN2[C@@H]3CC[C@H]2[C@@H]1[C@H](c1ccc(Cl)c(Cl)c1)C3. The lowest BCUT2D eigenvalue weighted by molar-refractivity contribution is -0.120. The Labute approximate surface area is 122 Å². The second-order valence-corrected chi connectivity index (χ2v) is 6.79. The predicted octanol–water partition coefficient (Wildman–Crippen LogP) is 3.51. The van der Waals surface area contributed by atoms with Crippen molar-refractivity contribution in [2.45, 2.75) is 37.3 Å². The molecule has 1 aromatic rings. The average molecular weight is 296 g/mol. The van der Waals surface area contributed by atoms with E-state index in [4.69, 9.17) is 23.2 Å². The fraction of sp³-hybridized carbons (Fsp3) is 0.533. The minimum atomic E-state index is 0.177. The molecular formula is C15H15Cl2NO. The van der Waals surface area contributed by atoms with Crippen LogP contribution in [0.3, 0.4) is 0 Å². The van der Waals surface area contributed by atoms with Crippen LogP contribution in [0.15, 0.2) is 18.2 Å². The van der Waals surface area contributed by atoms with E-state index in [2.05, 4.69) is 4.90 Å². The Bertz CT molecular complexity index is 559. The molecule has 2 nitrogen and oxygen atoms in total. The topological polar surface area (TPSA) is 20.3 Å². The van der Waals surface area contributed by atoms with Gasteiger partial charge in [-0.15, -0.1) is 0 Å². The molecule has 0 N–H and O–H groups in total. The smallest absolute Gasteiger partial charge is 0.152 e. The van der Waals surface area contributed by atoms with Crippen LogP contribution in [0.4, 0.5) is 0 Å². The van der Waals surface area contributed by atoms with Gasteiger partial charge in [0.2, 0.25) is 0 Å². The van der Waals surface area contributed by atoms with Crippen LogP contribution >= 0.6 is 23.2 Å². The summed E-state index contributed by atoms with van der Waals surface area (Å²) in [7, 11) is 0. The summed E-state index contributed by atoms with van der Waals surface area (Å²) >= 11 is 12.1. The van der Waals surface area contributed by atoms with Crippen molar-refractivity contribution in [3.8, 4) is 0 Å². The molecular weight excluding hydrogens is 281 g/mol. The molecule has 0 amide bonds. The molecule has 3 aliphatic heterocycles. The molecule has 19 heavy (non-hydrogen) atoms. The van der Waals surface area contributed by atoms with Crippen molar-refractivity contribution in [3.63, 3.8) is 0 Å². The number of Topliss-reactive ketones (excluding diaryl/α,β-unsaturated/α-hetero) is 1. The first-order valence-corrected chi connectivity index (χ1v) is 7.64. The molecule has 0 aromatic heterocycles. The summed E-state index contributed by atoms with van der Waals surface area (Å²) in [5.41, 5.74) is 1.19. The number of ketones is 1. The van der Waals surface area contributed by atoms with Crippen molar-refractivity contribution in [2.75, 3.05) is 6.54 Å². The van der Waals surface area contributed by atoms with E-state index < -0.39 is 0 Å². The highest BCUT2D eigenvalue weighted by molar-refractivity contribution is 6.42. The lowest BCUT2D eigenvalue weighted by atomic mass is 9.77. The van der Waals surface area contributed by atoms with Gasteiger partial charge >= 0.3 is 0 Å². The van der Waals surface area contributed by atoms with E-state index in [-0.39, 0.29) is 5.92 Å². The molecule has 0 radical (unpaired) electrons. The first-order chi connectivity index (χ1) is 9.15. The number of hydrogen-bond donors (Lipinski definition) is 0. The highest BCUT2D eigenvalue weighted by Crippen LogP contribution is 2.51. The zero-order valence-electron chi connectivity index (χ0n) is 10.5. The number of piperidine rings is 1. The number of hydrogen-bond acceptors (Lipinski definition) is 2. The van der Waals surface area contributed by atoms with Crippen LogP contribution in [-0.2, 0) is 4.79 Å². The molecule has 4 heteroatoms. The number of carbonyl (C=O) groups is 1. The third-order valence-corrected chi connectivity index (χ3v) is 5.89. The fourth-order valence-electron chi connectivity index (χ4n) is 4.37. The van der Waals surface area contributed by atoms with Crippen LogP contribution in [0.25, 0.3) is 0 Å². The second-order valence-electron chi connectivity index (χ2n) is 5.98. The Hall–Kier alpha value is -0.570. The molecule has 4 rings (SSSR count). The molecule has 3 saturated heterocycles. The van der Waals surface area contributed by atoms with E-state index in [0.29, 0.717) is 40.4 Å². The van der Waals surface area contributed by atoms with Gasteiger partial charge < -0.3 is 0 Å². The van der Waals surface area contributed by atoms with E-state index in [1.807, 2.05) is 18.2 Å². The van der Waals surface area contributed by atoms with Gasteiger partial charge in [-0.1, -0.05) is 29.3 Å². The quantitative estimate of drug-likeness (QED) is 0.790. The summed E-state index contributed by atoms with van der Waals surface area (Å²) < 4.78 is 0. The van der Waals surface area contributed by atoms with Crippen LogP contribution in [0.1, 0.15) is 30.7 Å². The molecule has 1 aromatic carbocycles. The Balaban J connectivity index is 1.75. The summed E-state index contributed by atoms with van der Waals surface area (Å²) in [5, 5.41) is 1.18. The van der Waals surface area contributed by atoms with E-state index in [9.17, 15) is 4.79 Å². The van der Waals surface area contributed by atoms with Crippen molar-refractivity contribution in [2.24, 2.45) is 5.92 Å². The molecule has 3 aliphatic rings. The van der Waals surface area contributed by atoms with Crippen LogP contribution in [0.5, 0.6) is 0 Å². The molecule has 3 heterocycles. The standard InChI is InChI=1S/C15H15Cl2NO/c16-11-3-1-8(5-12(11)17)10-6-9-2-4-13-15(10)14(19)7-18(9)13/h1,3,5,9-10,13,15H,2,4,6-7H2/t9-,10+,13+,15+/m1/s1. The van der Waals surface area contributed by atoms with Gasteiger partial charge in [0.25, 0.3) is 0 Å². The van der Waals surface area contributed by atoms with E-state index >= 15 is 0 Å². The average Bonchev–Trinajstić information content (AvgIpc) is 2.78. The minimum absolute atomic E-state index is 0.177. The maximum atomic E-state index is 12.3. The number of carbonyl (C=O) groups excluding carboxylic acids is 1. The first-order valence-electron chi connectivity index (χ1n) is 6.88. The lowest BCUT2D eigenvalue weighted by Gasteiger charge is -2.36. The van der Waals surface area contributed by atoms with Gasteiger partial charge in [-0.2, -0.15) is 0 Å². The van der Waals surface area contributed by atoms with Crippen LogP contribution < -0.4 is 0 Å². The maximum absolute atomic E-state index is 12.3. The zero-order chi connectivity index (χ0) is 13.1. The Morgan fingerprint density at radius 2 is 2.00 bits per heavy atom. The number of halogens is 2. The third kappa shape index (κ3) is 1.70. The summed E-state index contributed by atoms with van der Waals surface area (Å²) in [5.74, 6) is 0.929. The largest absolute Gasteiger partial charge is 0.298 e. The molecule has 0 saturated carbocycles. The molecule has 1 unspecified atom stereocenters. The summed E-state index contributed by atoms with van der Waals surface area (Å²) in [4.78, 5) is 14.7. The monoisotopic (exact) mass is 295 g/mol. The van der Waals surface area contributed by atoms with Crippen LogP contribution in [0.2, 0.25) is 10.0 Å². The molecule has 5 atom stereocenters. The molecule has 4 bridgehead atoms. The fourth-order valence-corrected chi connectivity index (χ4v) is 4.68. The summed E-state index contributed by atoms with van der Waals surface area (Å²) in [6, 6.07) is 6.92. The summed E-state index contributed by atoms with van der Waals surface area (Å²) in [6.45, 7) is 0.665. The van der Waals surface area contributed by atoms with Gasteiger partial charge in [0.1, 0.15) is 0 Å². The van der Waals surface area contributed by atoms with E-state index in [1.165, 1.54) is 18.4 Å². The van der Waals surface area contributed by atoms with Gasteiger partial charge in [-0.05, 0) is 42.9 Å². The van der Waals surface area contributed by atoms with Gasteiger partial charge in [0, 0.05) is 18.0 Å². The van der Waals surface area contributed by atoms with Crippen molar-refractivity contribution < 1.29 is 4.79 Å². The zero-order valence-corrected chi connectivity index (χ0v) is 12.0. The van der Waals surface area contributed by atoms with Crippen LogP contribution in [0, 0.1) is 5.92 Å². The highest BCUT2D eigenvalue weighted by atomic mass is 35.5.